The zero-order chi connectivity index (χ0) is 23.8. The average molecular weight is 447 g/mol. The van der Waals surface area contributed by atoms with Gasteiger partial charge in [0.2, 0.25) is 0 Å². The lowest BCUT2D eigenvalue weighted by Crippen LogP contribution is -2.19. The molecule has 2 heteroatoms. The Morgan fingerprint density at radius 1 is 0.697 bits per heavy atom. The fraction of sp³-hybridized carbons (Fsp3) is 0.387. The van der Waals surface area contributed by atoms with Crippen molar-refractivity contribution in [1.29, 1.82) is 0 Å². The number of hydrogen-bond donors (Lipinski definition) is 0. The smallest absolute Gasteiger partial charge is 0.309 e. The van der Waals surface area contributed by atoms with Crippen LogP contribution in [0.5, 0.6) is 0 Å². The zero-order valence-corrected chi connectivity index (χ0v) is 20.6. The SMILES string of the molecule is CC/C=C\C/C=C\C/C=C\C/C=C\C/C=C\C/C=C\CC(Cc1ccccc1)C(=O)OCC. The molecule has 0 saturated carbocycles. The molecule has 1 atom stereocenters. The van der Waals surface area contributed by atoms with Gasteiger partial charge in [0, 0.05) is 0 Å². The molecule has 178 valence electrons. The average Bonchev–Trinajstić information content (AvgIpc) is 2.83. The van der Waals surface area contributed by atoms with Gasteiger partial charge in [-0.05, 0) is 63.9 Å². The summed E-state index contributed by atoms with van der Waals surface area (Å²) in [7, 11) is 0. The first kappa shape index (κ1) is 28.2. The van der Waals surface area contributed by atoms with Crippen LogP contribution < -0.4 is 0 Å². The van der Waals surface area contributed by atoms with Crippen LogP contribution in [-0.2, 0) is 16.0 Å². The predicted octanol–water partition coefficient (Wildman–Crippen LogP) is 8.50. The third-order valence-electron chi connectivity index (χ3n) is 4.96. The molecule has 0 bridgehead atoms. The van der Waals surface area contributed by atoms with Crippen LogP contribution in [0.25, 0.3) is 0 Å². The van der Waals surface area contributed by atoms with E-state index < -0.39 is 0 Å². The summed E-state index contributed by atoms with van der Waals surface area (Å²) < 4.78 is 5.26. The molecule has 2 nitrogen and oxygen atoms in total. The number of hydrogen-bond acceptors (Lipinski definition) is 2. The molecule has 0 saturated heterocycles. The van der Waals surface area contributed by atoms with Gasteiger partial charge in [-0.25, -0.2) is 0 Å². The summed E-state index contributed by atoms with van der Waals surface area (Å²) in [4.78, 5) is 12.3. The second-order valence-corrected chi connectivity index (χ2v) is 7.79. The van der Waals surface area contributed by atoms with E-state index in [4.69, 9.17) is 4.74 Å². The minimum absolute atomic E-state index is 0.110. The van der Waals surface area contributed by atoms with Crippen molar-refractivity contribution in [3.05, 3.63) is 109 Å². The number of allylic oxidation sites excluding steroid dienone is 12. The second-order valence-electron chi connectivity index (χ2n) is 7.79. The van der Waals surface area contributed by atoms with Gasteiger partial charge in [0.05, 0.1) is 12.5 Å². The molecule has 0 amide bonds. The van der Waals surface area contributed by atoms with E-state index in [0.29, 0.717) is 19.4 Å². The molecule has 0 spiro atoms. The Kier molecular flexibility index (Phi) is 17.9. The highest BCUT2D eigenvalue weighted by Gasteiger charge is 2.18. The lowest BCUT2D eigenvalue weighted by molar-refractivity contribution is -0.147. The molecule has 0 radical (unpaired) electrons. The highest BCUT2D eigenvalue weighted by Crippen LogP contribution is 2.15. The van der Waals surface area contributed by atoms with E-state index in [2.05, 4.69) is 92.0 Å². The molecular weight excluding hydrogens is 404 g/mol. The van der Waals surface area contributed by atoms with Crippen molar-refractivity contribution in [1.82, 2.24) is 0 Å². The molecule has 0 N–H and O–H groups in total. The van der Waals surface area contributed by atoms with Gasteiger partial charge in [0.1, 0.15) is 0 Å². The molecule has 0 fully saturated rings. The van der Waals surface area contributed by atoms with Crippen LogP contribution in [0.15, 0.2) is 103 Å². The Labute approximate surface area is 202 Å². The van der Waals surface area contributed by atoms with E-state index in [1.165, 1.54) is 5.56 Å². The zero-order valence-electron chi connectivity index (χ0n) is 20.6. The molecule has 0 aromatic heterocycles. The van der Waals surface area contributed by atoms with Crippen molar-refractivity contribution in [2.45, 2.75) is 65.2 Å². The van der Waals surface area contributed by atoms with Crippen LogP contribution in [0.2, 0.25) is 0 Å². The number of esters is 1. The molecule has 0 aliphatic heterocycles. The van der Waals surface area contributed by atoms with E-state index in [-0.39, 0.29) is 11.9 Å². The molecule has 1 aromatic rings. The van der Waals surface area contributed by atoms with E-state index in [1.807, 2.05) is 25.1 Å². The fourth-order valence-corrected chi connectivity index (χ4v) is 3.20. The number of carbonyl (C=O) groups excluding carboxylic acids is 1. The largest absolute Gasteiger partial charge is 0.466 e. The molecule has 1 rings (SSSR count). The first-order valence-corrected chi connectivity index (χ1v) is 12.4. The van der Waals surface area contributed by atoms with Gasteiger partial charge >= 0.3 is 5.97 Å². The molecule has 1 aromatic carbocycles. The van der Waals surface area contributed by atoms with Crippen LogP contribution >= 0.6 is 0 Å². The minimum atomic E-state index is -0.128. The lowest BCUT2D eigenvalue weighted by Gasteiger charge is -2.13. The number of ether oxygens (including phenoxy) is 1. The third-order valence-corrected chi connectivity index (χ3v) is 4.96. The number of rotatable bonds is 17. The van der Waals surface area contributed by atoms with Crippen LogP contribution in [0, 0.1) is 5.92 Å². The minimum Gasteiger partial charge on any atom is -0.466 e. The topological polar surface area (TPSA) is 26.3 Å². The predicted molar refractivity (Wildman–Crippen MR) is 143 cm³/mol. The van der Waals surface area contributed by atoms with E-state index >= 15 is 0 Å². The van der Waals surface area contributed by atoms with Gasteiger partial charge in [-0.3, -0.25) is 4.79 Å². The standard InChI is InChI=1S/C31H42O2/c1-3-5-6-7-8-9-10-11-12-13-14-15-16-17-18-19-20-24-27-30(31(32)33-4-2)28-29-25-22-21-23-26-29/h5-6,8-9,11-12,14-15,17-18,20-26,30H,3-4,7,10,13,16,19,27-28H2,1-2H3/b6-5-,9-8-,12-11-,15-14-,18-17-,24-20-. The Bertz CT molecular complexity index is 778. The van der Waals surface area contributed by atoms with Crippen LogP contribution in [-0.4, -0.2) is 12.6 Å². The van der Waals surface area contributed by atoms with Crippen LogP contribution in [0.3, 0.4) is 0 Å². The maximum Gasteiger partial charge on any atom is 0.309 e. The summed E-state index contributed by atoms with van der Waals surface area (Å²) in [5.74, 6) is -0.238. The van der Waals surface area contributed by atoms with E-state index in [1.54, 1.807) is 0 Å². The van der Waals surface area contributed by atoms with Crippen molar-refractivity contribution in [3.8, 4) is 0 Å². The summed E-state index contributed by atoms with van der Waals surface area (Å²) in [5.41, 5.74) is 1.17. The van der Waals surface area contributed by atoms with Crippen molar-refractivity contribution in [3.63, 3.8) is 0 Å². The van der Waals surface area contributed by atoms with Gasteiger partial charge in [-0.15, -0.1) is 0 Å². The van der Waals surface area contributed by atoms with E-state index in [0.717, 1.165) is 38.5 Å². The molecule has 33 heavy (non-hydrogen) atoms. The van der Waals surface area contributed by atoms with Crippen LogP contribution in [0.4, 0.5) is 0 Å². The Morgan fingerprint density at radius 2 is 1.15 bits per heavy atom. The van der Waals surface area contributed by atoms with Gasteiger partial charge < -0.3 is 4.74 Å². The highest BCUT2D eigenvalue weighted by molar-refractivity contribution is 5.73. The third kappa shape index (κ3) is 16.4. The van der Waals surface area contributed by atoms with Crippen molar-refractivity contribution >= 4 is 5.97 Å². The van der Waals surface area contributed by atoms with Gasteiger partial charge in [-0.1, -0.05) is 110 Å². The van der Waals surface area contributed by atoms with Crippen LogP contribution in [0.1, 0.15) is 64.4 Å². The monoisotopic (exact) mass is 446 g/mol. The van der Waals surface area contributed by atoms with Crippen molar-refractivity contribution in [2.24, 2.45) is 5.92 Å². The maximum atomic E-state index is 12.3. The number of benzene rings is 1. The summed E-state index contributed by atoms with van der Waals surface area (Å²) in [6.45, 7) is 4.44. The van der Waals surface area contributed by atoms with Crippen molar-refractivity contribution < 1.29 is 9.53 Å². The van der Waals surface area contributed by atoms with Gasteiger partial charge in [0.25, 0.3) is 0 Å². The summed E-state index contributed by atoms with van der Waals surface area (Å²) in [6.07, 6.45) is 33.6. The second kappa shape index (κ2) is 21.0. The Balaban J connectivity index is 2.21. The van der Waals surface area contributed by atoms with E-state index in [9.17, 15) is 4.79 Å². The first-order chi connectivity index (χ1) is 16.3. The summed E-state index contributed by atoms with van der Waals surface area (Å²) in [6, 6.07) is 10.1. The lowest BCUT2D eigenvalue weighted by atomic mass is 9.96. The summed E-state index contributed by atoms with van der Waals surface area (Å²) >= 11 is 0. The van der Waals surface area contributed by atoms with Crippen molar-refractivity contribution in [2.75, 3.05) is 6.61 Å². The fourth-order valence-electron chi connectivity index (χ4n) is 3.20. The molecule has 0 heterocycles. The molecular formula is C31H42O2. The molecule has 0 aliphatic carbocycles. The Morgan fingerprint density at radius 3 is 1.61 bits per heavy atom. The maximum absolute atomic E-state index is 12.3. The van der Waals surface area contributed by atoms with Gasteiger partial charge in [-0.2, -0.15) is 0 Å². The number of carbonyl (C=O) groups is 1. The van der Waals surface area contributed by atoms with Gasteiger partial charge in [0.15, 0.2) is 0 Å². The summed E-state index contributed by atoms with van der Waals surface area (Å²) in [5, 5.41) is 0. The normalized spacial score (nSPS) is 13.5. The molecule has 0 aliphatic rings. The Hall–Kier alpha value is -2.87. The quantitative estimate of drug-likeness (QED) is 0.177. The first-order valence-electron chi connectivity index (χ1n) is 12.4. The highest BCUT2D eigenvalue weighted by atomic mass is 16.5. The molecule has 1 unspecified atom stereocenters.